The van der Waals surface area contributed by atoms with E-state index < -0.39 is 11.9 Å². The third kappa shape index (κ3) is 2.29. The van der Waals surface area contributed by atoms with Gasteiger partial charge >= 0.3 is 5.97 Å². The van der Waals surface area contributed by atoms with Crippen molar-refractivity contribution in [3.63, 3.8) is 0 Å². The molecule has 3 heterocycles. The van der Waals surface area contributed by atoms with Crippen LogP contribution in [0.1, 0.15) is 34.6 Å². The van der Waals surface area contributed by atoms with E-state index in [2.05, 4.69) is 15.5 Å². The average molecular weight is 278 g/mol. The Morgan fingerprint density at radius 1 is 1.40 bits per heavy atom. The van der Waals surface area contributed by atoms with E-state index in [9.17, 15) is 9.59 Å². The summed E-state index contributed by atoms with van der Waals surface area (Å²) in [6.07, 6.45) is 2.21. The van der Waals surface area contributed by atoms with Crippen molar-refractivity contribution in [3.8, 4) is 0 Å². The van der Waals surface area contributed by atoms with Gasteiger partial charge in [0.1, 0.15) is 0 Å². The summed E-state index contributed by atoms with van der Waals surface area (Å²) in [5.41, 5.74) is 2.39. The number of H-pyrrole nitrogens is 1. The molecule has 1 atom stereocenters. The van der Waals surface area contributed by atoms with Gasteiger partial charge in [0.2, 0.25) is 0 Å². The smallest absolute Gasteiger partial charge is 0.308 e. The first-order chi connectivity index (χ1) is 9.66. The van der Waals surface area contributed by atoms with E-state index in [1.165, 1.54) is 0 Å². The number of carboxylic acid groups (broad SMARTS) is 1. The van der Waals surface area contributed by atoms with Crippen molar-refractivity contribution in [1.82, 2.24) is 20.4 Å². The van der Waals surface area contributed by atoms with Crippen LogP contribution in [-0.4, -0.2) is 51.7 Å². The Kier molecular flexibility index (Phi) is 3.43. The average Bonchev–Trinajstić information content (AvgIpc) is 2.90. The van der Waals surface area contributed by atoms with Crippen LogP contribution in [0.25, 0.3) is 0 Å². The summed E-state index contributed by atoms with van der Waals surface area (Å²) in [7, 11) is 0. The zero-order valence-electron chi connectivity index (χ0n) is 11.2. The highest BCUT2D eigenvalue weighted by Gasteiger charge is 2.31. The molecule has 2 aliphatic rings. The van der Waals surface area contributed by atoms with E-state index in [1.807, 2.05) is 0 Å². The molecule has 0 aliphatic carbocycles. The minimum absolute atomic E-state index is 0.155. The molecule has 0 radical (unpaired) electrons. The Morgan fingerprint density at radius 3 is 3.05 bits per heavy atom. The van der Waals surface area contributed by atoms with Gasteiger partial charge in [-0.15, -0.1) is 0 Å². The molecule has 7 nitrogen and oxygen atoms in total. The standard InChI is InChI=1S/C13H18N4O3/c18-12(17-5-1-2-8(7-17)13(19)20)11-9-6-14-4-3-10(9)15-16-11/h8,14H,1-7H2,(H,15,16)(H,19,20). The van der Waals surface area contributed by atoms with E-state index in [-0.39, 0.29) is 12.5 Å². The van der Waals surface area contributed by atoms with Crippen molar-refractivity contribution in [2.75, 3.05) is 19.6 Å². The van der Waals surface area contributed by atoms with Crippen molar-refractivity contribution in [3.05, 3.63) is 17.0 Å². The number of rotatable bonds is 2. The maximum atomic E-state index is 12.5. The highest BCUT2D eigenvalue weighted by atomic mass is 16.4. The predicted molar refractivity (Wildman–Crippen MR) is 70.3 cm³/mol. The van der Waals surface area contributed by atoms with Gasteiger partial charge in [-0.1, -0.05) is 0 Å². The normalized spacial score (nSPS) is 22.4. The third-order valence-electron chi connectivity index (χ3n) is 4.07. The lowest BCUT2D eigenvalue weighted by molar-refractivity contribution is -0.143. The molecular weight excluding hydrogens is 260 g/mol. The molecular formula is C13H18N4O3. The van der Waals surface area contributed by atoms with E-state index in [1.54, 1.807) is 4.90 Å². The first-order valence-corrected chi connectivity index (χ1v) is 6.95. The molecule has 1 amide bonds. The maximum Gasteiger partial charge on any atom is 0.308 e. The fraction of sp³-hybridized carbons (Fsp3) is 0.615. The van der Waals surface area contributed by atoms with Crippen LogP contribution in [0.2, 0.25) is 0 Å². The molecule has 0 aromatic carbocycles. The minimum atomic E-state index is -0.826. The van der Waals surface area contributed by atoms with Crippen LogP contribution in [0.5, 0.6) is 0 Å². The SMILES string of the molecule is O=C(O)C1CCCN(C(=O)c2n[nH]c3c2CNCC3)C1. The van der Waals surface area contributed by atoms with Crippen LogP contribution in [0.15, 0.2) is 0 Å². The lowest BCUT2D eigenvalue weighted by atomic mass is 9.97. The van der Waals surface area contributed by atoms with E-state index >= 15 is 0 Å². The molecule has 3 N–H and O–H groups in total. The summed E-state index contributed by atoms with van der Waals surface area (Å²) >= 11 is 0. The van der Waals surface area contributed by atoms with Gasteiger partial charge in [-0.2, -0.15) is 5.10 Å². The molecule has 1 aromatic rings. The fourth-order valence-electron chi connectivity index (χ4n) is 2.92. The quantitative estimate of drug-likeness (QED) is 0.707. The van der Waals surface area contributed by atoms with E-state index in [0.29, 0.717) is 25.2 Å². The summed E-state index contributed by atoms with van der Waals surface area (Å²) in [6, 6.07) is 0. The second-order valence-corrected chi connectivity index (χ2v) is 5.38. The zero-order chi connectivity index (χ0) is 14.1. The number of aliphatic carboxylic acids is 1. The van der Waals surface area contributed by atoms with Gasteiger partial charge < -0.3 is 15.3 Å². The van der Waals surface area contributed by atoms with Crippen LogP contribution < -0.4 is 5.32 Å². The summed E-state index contributed by atoms with van der Waals surface area (Å²) in [5.74, 6) is -1.44. The number of aromatic amines is 1. The van der Waals surface area contributed by atoms with Gasteiger partial charge in [0.05, 0.1) is 5.92 Å². The van der Waals surface area contributed by atoms with Crippen LogP contribution in [0.4, 0.5) is 0 Å². The number of amides is 1. The van der Waals surface area contributed by atoms with Crippen LogP contribution in [0.3, 0.4) is 0 Å². The van der Waals surface area contributed by atoms with Gasteiger partial charge in [-0.25, -0.2) is 0 Å². The Morgan fingerprint density at radius 2 is 2.25 bits per heavy atom. The molecule has 2 aliphatic heterocycles. The first-order valence-electron chi connectivity index (χ1n) is 6.95. The topological polar surface area (TPSA) is 98.3 Å². The maximum absolute atomic E-state index is 12.5. The Hall–Kier alpha value is -1.89. The third-order valence-corrected chi connectivity index (χ3v) is 4.07. The lowest BCUT2D eigenvalue weighted by Gasteiger charge is -2.30. The van der Waals surface area contributed by atoms with Gasteiger partial charge in [-0.05, 0) is 12.8 Å². The van der Waals surface area contributed by atoms with E-state index in [0.717, 1.165) is 30.6 Å². The molecule has 20 heavy (non-hydrogen) atoms. The van der Waals surface area contributed by atoms with Crippen molar-refractivity contribution in [1.29, 1.82) is 0 Å². The largest absolute Gasteiger partial charge is 0.481 e. The second kappa shape index (κ2) is 5.24. The van der Waals surface area contributed by atoms with Crippen molar-refractivity contribution < 1.29 is 14.7 Å². The number of fused-ring (bicyclic) bond motifs is 1. The van der Waals surface area contributed by atoms with Crippen LogP contribution in [0, 0.1) is 5.92 Å². The Balaban J connectivity index is 1.78. The summed E-state index contributed by atoms with van der Waals surface area (Å²) in [5, 5.41) is 19.4. The number of hydrogen-bond donors (Lipinski definition) is 3. The molecule has 1 saturated heterocycles. The first kappa shape index (κ1) is 13.1. The Bertz CT molecular complexity index is 540. The number of likely N-dealkylation sites (tertiary alicyclic amines) is 1. The van der Waals surface area contributed by atoms with Crippen molar-refractivity contribution in [2.45, 2.75) is 25.8 Å². The molecule has 1 fully saturated rings. The number of piperidine rings is 1. The number of nitrogens with zero attached hydrogens (tertiary/aromatic N) is 2. The molecule has 1 aromatic heterocycles. The van der Waals surface area contributed by atoms with Gasteiger partial charge in [-0.3, -0.25) is 14.7 Å². The molecule has 0 spiro atoms. The van der Waals surface area contributed by atoms with Gasteiger partial charge in [0.25, 0.3) is 5.91 Å². The second-order valence-electron chi connectivity index (χ2n) is 5.38. The summed E-state index contributed by atoms with van der Waals surface area (Å²) in [4.78, 5) is 25.2. The fourth-order valence-corrected chi connectivity index (χ4v) is 2.92. The number of nitrogens with one attached hydrogen (secondary N) is 2. The van der Waals surface area contributed by atoms with Crippen molar-refractivity contribution in [2.24, 2.45) is 5.92 Å². The van der Waals surface area contributed by atoms with E-state index in [4.69, 9.17) is 5.11 Å². The van der Waals surface area contributed by atoms with Gasteiger partial charge in [0, 0.05) is 43.9 Å². The lowest BCUT2D eigenvalue weighted by Crippen LogP contribution is -2.43. The molecule has 0 saturated carbocycles. The molecule has 7 heteroatoms. The molecule has 1 unspecified atom stereocenters. The van der Waals surface area contributed by atoms with Gasteiger partial charge in [0.15, 0.2) is 5.69 Å². The Labute approximate surface area is 116 Å². The predicted octanol–water partition coefficient (Wildman–Crippen LogP) is -0.00780. The monoisotopic (exact) mass is 278 g/mol. The number of carbonyl (C=O) groups is 2. The zero-order valence-corrected chi connectivity index (χ0v) is 11.2. The van der Waals surface area contributed by atoms with Crippen LogP contribution >= 0.6 is 0 Å². The highest BCUT2D eigenvalue weighted by Crippen LogP contribution is 2.21. The number of carbonyl (C=O) groups excluding carboxylic acids is 1. The summed E-state index contributed by atoms with van der Waals surface area (Å²) < 4.78 is 0. The minimum Gasteiger partial charge on any atom is -0.481 e. The number of hydrogen-bond acceptors (Lipinski definition) is 4. The number of aromatic nitrogens is 2. The van der Waals surface area contributed by atoms with Crippen molar-refractivity contribution >= 4 is 11.9 Å². The molecule has 108 valence electrons. The van der Waals surface area contributed by atoms with Crippen LogP contribution in [-0.2, 0) is 17.8 Å². The number of carboxylic acids is 1. The highest BCUT2D eigenvalue weighted by molar-refractivity contribution is 5.94. The molecule has 0 bridgehead atoms. The molecule has 3 rings (SSSR count). The summed E-state index contributed by atoms with van der Waals surface area (Å²) in [6.45, 7) is 2.41.